The minimum absolute atomic E-state index is 0.220. The molecular weight excluding hydrogens is 212 g/mol. The predicted molar refractivity (Wildman–Crippen MR) is 69.9 cm³/mol. The topological polar surface area (TPSA) is 26.3 Å². The van der Waals surface area contributed by atoms with Crippen LogP contribution in [0.1, 0.15) is 48.5 Å². The van der Waals surface area contributed by atoms with Crippen molar-refractivity contribution in [3.8, 4) is 0 Å². The summed E-state index contributed by atoms with van der Waals surface area (Å²) < 4.78 is 5.18. The Morgan fingerprint density at radius 2 is 1.94 bits per heavy atom. The quantitative estimate of drug-likeness (QED) is 0.529. The van der Waals surface area contributed by atoms with Crippen LogP contribution in [0.2, 0.25) is 0 Å². The molecule has 0 bridgehead atoms. The van der Waals surface area contributed by atoms with Gasteiger partial charge < -0.3 is 4.74 Å². The monoisotopic (exact) mass is 233 g/mol. The second-order valence-corrected chi connectivity index (χ2v) is 4.14. The lowest BCUT2D eigenvalue weighted by Crippen LogP contribution is -2.06. The van der Waals surface area contributed by atoms with Gasteiger partial charge in [0.1, 0.15) is 0 Å². The first-order valence-electron chi connectivity index (χ1n) is 6.33. The molecule has 2 nitrogen and oxygen atoms in total. The van der Waals surface area contributed by atoms with Gasteiger partial charge in [-0.15, -0.1) is 0 Å². The summed E-state index contributed by atoms with van der Waals surface area (Å²) in [6.45, 7) is 6.45. The van der Waals surface area contributed by atoms with Gasteiger partial charge in [0, 0.05) is 0 Å². The maximum atomic E-state index is 11.6. The van der Waals surface area contributed by atoms with Crippen LogP contribution in [0, 0.1) is 6.92 Å². The molecule has 0 saturated heterocycles. The van der Waals surface area contributed by atoms with Gasteiger partial charge in [0.15, 0.2) is 0 Å². The third kappa shape index (κ3) is 5.03. The highest BCUT2D eigenvalue weighted by molar-refractivity contribution is 5.89. The van der Waals surface area contributed by atoms with E-state index in [9.17, 15) is 4.79 Å². The summed E-state index contributed by atoms with van der Waals surface area (Å²) in [5.41, 5.74) is 1.84. The molecule has 1 rings (SSSR count). The summed E-state index contributed by atoms with van der Waals surface area (Å²) in [5.74, 6) is -0.220. The van der Waals surface area contributed by atoms with Gasteiger partial charge in [-0.25, -0.2) is 4.79 Å². The van der Waals surface area contributed by atoms with E-state index < -0.39 is 0 Å². The third-order valence-electron chi connectivity index (χ3n) is 2.64. The Balaban J connectivity index is 2.40. The van der Waals surface area contributed by atoms with E-state index in [-0.39, 0.29) is 5.97 Å². The van der Waals surface area contributed by atoms with E-state index >= 15 is 0 Å². The van der Waals surface area contributed by atoms with E-state index in [0.717, 1.165) is 32.1 Å². The molecule has 2 heteroatoms. The fourth-order valence-corrected chi connectivity index (χ4v) is 1.61. The highest BCUT2D eigenvalue weighted by Crippen LogP contribution is 2.08. The van der Waals surface area contributed by atoms with Gasteiger partial charge in [0.25, 0.3) is 0 Å². The van der Waals surface area contributed by atoms with Crippen LogP contribution in [-0.4, -0.2) is 12.6 Å². The lowest BCUT2D eigenvalue weighted by Gasteiger charge is -2.05. The van der Waals surface area contributed by atoms with E-state index in [2.05, 4.69) is 13.8 Å². The molecule has 0 atom stereocenters. The van der Waals surface area contributed by atoms with Crippen LogP contribution in [-0.2, 0) is 11.2 Å². The van der Waals surface area contributed by atoms with Crippen LogP contribution in [0.15, 0.2) is 24.3 Å². The molecule has 0 heterocycles. The van der Waals surface area contributed by atoms with Crippen LogP contribution in [0.4, 0.5) is 0 Å². The Labute approximate surface area is 104 Å². The Kier molecular flexibility index (Phi) is 6.38. The SMILES string of the molecule is [CH2]CCc1ccc(C(=O)OCCCCC)cc1. The van der Waals surface area contributed by atoms with Gasteiger partial charge in [-0.3, -0.25) is 0 Å². The zero-order chi connectivity index (χ0) is 12.5. The number of carbonyl (C=O) groups is 1. The molecule has 0 aromatic heterocycles. The summed E-state index contributed by atoms with van der Waals surface area (Å²) >= 11 is 0. The summed E-state index contributed by atoms with van der Waals surface area (Å²) in [6, 6.07) is 7.59. The molecule has 93 valence electrons. The van der Waals surface area contributed by atoms with Crippen molar-refractivity contribution >= 4 is 5.97 Å². The number of unbranched alkanes of at least 4 members (excludes halogenated alkanes) is 2. The van der Waals surface area contributed by atoms with Gasteiger partial charge >= 0.3 is 5.97 Å². The Bertz CT molecular complexity index is 327. The van der Waals surface area contributed by atoms with Crippen molar-refractivity contribution < 1.29 is 9.53 Å². The van der Waals surface area contributed by atoms with E-state index in [4.69, 9.17) is 4.74 Å². The molecule has 1 aromatic rings. The van der Waals surface area contributed by atoms with Crippen molar-refractivity contribution in [1.82, 2.24) is 0 Å². The minimum Gasteiger partial charge on any atom is -0.462 e. The van der Waals surface area contributed by atoms with E-state index in [1.807, 2.05) is 24.3 Å². The largest absolute Gasteiger partial charge is 0.462 e. The standard InChI is InChI=1S/C15H21O2/c1-3-5-6-12-17-15(16)14-10-8-13(7-4-2)9-11-14/h8-11H,2-7,12H2,1H3. The fourth-order valence-electron chi connectivity index (χ4n) is 1.61. The van der Waals surface area contributed by atoms with Crippen LogP contribution in [0.25, 0.3) is 0 Å². The molecule has 0 N–H and O–H groups in total. The van der Waals surface area contributed by atoms with E-state index in [1.165, 1.54) is 5.56 Å². The average molecular weight is 233 g/mol. The summed E-state index contributed by atoms with van der Waals surface area (Å²) in [4.78, 5) is 11.6. The number of aryl methyl sites for hydroxylation is 1. The summed E-state index contributed by atoms with van der Waals surface area (Å²) in [5, 5.41) is 0. The van der Waals surface area contributed by atoms with Gasteiger partial charge in [0.2, 0.25) is 0 Å². The average Bonchev–Trinajstić information content (AvgIpc) is 2.36. The molecule has 0 aliphatic heterocycles. The number of rotatable bonds is 7. The number of hydrogen-bond acceptors (Lipinski definition) is 2. The van der Waals surface area contributed by atoms with Gasteiger partial charge in [-0.2, -0.15) is 0 Å². The molecule has 0 amide bonds. The Morgan fingerprint density at radius 3 is 2.53 bits per heavy atom. The normalized spacial score (nSPS) is 10.2. The van der Waals surface area contributed by atoms with E-state index in [0.29, 0.717) is 12.2 Å². The van der Waals surface area contributed by atoms with Gasteiger partial charge in [0.05, 0.1) is 12.2 Å². The first-order chi connectivity index (χ1) is 8.27. The Hall–Kier alpha value is -1.31. The second-order valence-electron chi connectivity index (χ2n) is 4.14. The second kappa shape index (κ2) is 7.88. The highest BCUT2D eigenvalue weighted by Gasteiger charge is 2.06. The van der Waals surface area contributed by atoms with Crippen molar-refractivity contribution in [1.29, 1.82) is 0 Å². The summed E-state index contributed by atoms with van der Waals surface area (Å²) in [6.07, 6.45) is 5.02. The number of ether oxygens (including phenoxy) is 1. The van der Waals surface area contributed by atoms with Crippen LogP contribution in [0.5, 0.6) is 0 Å². The molecule has 0 spiro atoms. The lowest BCUT2D eigenvalue weighted by atomic mass is 10.1. The van der Waals surface area contributed by atoms with E-state index in [1.54, 1.807) is 0 Å². The summed E-state index contributed by atoms with van der Waals surface area (Å²) in [7, 11) is 0. The molecular formula is C15H21O2. The zero-order valence-electron chi connectivity index (χ0n) is 10.6. The van der Waals surface area contributed by atoms with Crippen LogP contribution < -0.4 is 0 Å². The molecule has 0 unspecified atom stereocenters. The maximum Gasteiger partial charge on any atom is 0.338 e. The molecule has 1 aromatic carbocycles. The fraction of sp³-hybridized carbons (Fsp3) is 0.467. The number of carbonyl (C=O) groups excluding carboxylic acids is 1. The molecule has 0 aliphatic carbocycles. The molecule has 1 radical (unpaired) electrons. The molecule has 0 fully saturated rings. The lowest BCUT2D eigenvalue weighted by molar-refractivity contribution is 0.0498. The first-order valence-corrected chi connectivity index (χ1v) is 6.33. The number of esters is 1. The first kappa shape index (κ1) is 13.8. The third-order valence-corrected chi connectivity index (χ3v) is 2.64. The van der Waals surface area contributed by atoms with Crippen molar-refractivity contribution in [2.45, 2.75) is 39.0 Å². The molecule has 0 saturated carbocycles. The van der Waals surface area contributed by atoms with Gasteiger partial charge in [-0.1, -0.05) is 38.8 Å². The maximum absolute atomic E-state index is 11.6. The predicted octanol–water partition coefficient (Wildman–Crippen LogP) is 3.80. The van der Waals surface area contributed by atoms with Crippen molar-refractivity contribution in [2.75, 3.05) is 6.61 Å². The Morgan fingerprint density at radius 1 is 1.24 bits per heavy atom. The highest BCUT2D eigenvalue weighted by atomic mass is 16.5. The van der Waals surface area contributed by atoms with Crippen LogP contribution in [0.3, 0.4) is 0 Å². The van der Waals surface area contributed by atoms with Crippen LogP contribution >= 0.6 is 0 Å². The zero-order valence-corrected chi connectivity index (χ0v) is 10.6. The van der Waals surface area contributed by atoms with Gasteiger partial charge in [-0.05, 0) is 37.0 Å². The smallest absolute Gasteiger partial charge is 0.338 e. The number of benzene rings is 1. The van der Waals surface area contributed by atoms with Crippen molar-refractivity contribution in [3.63, 3.8) is 0 Å². The molecule has 0 aliphatic rings. The van der Waals surface area contributed by atoms with Crippen molar-refractivity contribution in [3.05, 3.63) is 42.3 Å². The minimum atomic E-state index is -0.220. The molecule has 17 heavy (non-hydrogen) atoms. The number of hydrogen-bond donors (Lipinski definition) is 0. The van der Waals surface area contributed by atoms with Crippen molar-refractivity contribution in [2.24, 2.45) is 0 Å².